The summed E-state index contributed by atoms with van der Waals surface area (Å²) in [7, 11) is 2.00. The Morgan fingerprint density at radius 2 is 1.93 bits per heavy atom. The second kappa shape index (κ2) is 3.88. The van der Waals surface area contributed by atoms with Crippen LogP contribution in [0.1, 0.15) is 5.56 Å². The summed E-state index contributed by atoms with van der Waals surface area (Å²) in [6.45, 7) is 2.09. The fourth-order valence-corrected chi connectivity index (χ4v) is 1.96. The van der Waals surface area contributed by atoms with E-state index in [4.69, 9.17) is 0 Å². The van der Waals surface area contributed by atoms with Gasteiger partial charge in [0.1, 0.15) is 0 Å². The van der Waals surface area contributed by atoms with Crippen molar-refractivity contribution in [3.8, 4) is 0 Å². The second-order valence-electron chi connectivity index (χ2n) is 3.24. The van der Waals surface area contributed by atoms with Crippen molar-refractivity contribution >= 4 is 11.8 Å². The third-order valence-corrected chi connectivity index (χ3v) is 3.09. The molecule has 14 heavy (non-hydrogen) atoms. The maximum absolute atomic E-state index is 4.26. The Balaban J connectivity index is 2.19. The Labute approximate surface area is 88.0 Å². The van der Waals surface area contributed by atoms with Crippen LogP contribution >= 0.6 is 11.8 Å². The number of nitrogens with zero attached hydrogens (tertiary/aromatic N) is 2. The van der Waals surface area contributed by atoms with Crippen molar-refractivity contribution in [2.24, 2.45) is 7.05 Å². The van der Waals surface area contributed by atoms with E-state index in [1.54, 1.807) is 11.8 Å². The van der Waals surface area contributed by atoms with E-state index in [9.17, 15) is 0 Å². The molecule has 0 atom stereocenters. The number of imidazole rings is 1. The molecule has 2 nitrogen and oxygen atoms in total. The van der Waals surface area contributed by atoms with Crippen molar-refractivity contribution in [2.75, 3.05) is 0 Å². The molecule has 0 amide bonds. The van der Waals surface area contributed by atoms with Gasteiger partial charge in [0.15, 0.2) is 5.16 Å². The molecule has 0 spiro atoms. The summed E-state index contributed by atoms with van der Waals surface area (Å²) in [5, 5.41) is 1.02. The van der Waals surface area contributed by atoms with E-state index in [0.717, 1.165) is 5.16 Å². The molecule has 3 heteroatoms. The molecule has 0 saturated heterocycles. The minimum absolute atomic E-state index is 1.02. The molecule has 2 aromatic rings. The van der Waals surface area contributed by atoms with Crippen LogP contribution in [0, 0.1) is 6.92 Å². The fraction of sp³-hybridized carbons (Fsp3) is 0.182. The van der Waals surface area contributed by atoms with E-state index >= 15 is 0 Å². The molecule has 0 saturated carbocycles. The normalized spacial score (nSPS) is 10.4. The van der Waals surface area contributed by atoms with Gasteiger partial charge in [0, 0.05) is 24.3 Å². The van der Waals surface area contributed by atoms with Crippen molar-refractivity contribution in [1.82, 2.24) is 9.55 Å². The van der Waals surface area contributed by atoms with E-state index in [-0.39, 0.29) is 0 Å². The summed E-state index contributed by atoms with van der Waals surface area (Å²) in [6, 6.07) is 8.47. The van der Waals surface area contributed by atoms with Gasteiger partial charge in [-0.15, -0.1) is 0 Å². The summed E-state index contributed by atoms with van der Waals surface area (Å²) in [5.74, 6) is 0. The summed E-state index contributed by atoms with van der Waals surface area (Å²) in [6.07, 6.45) is 3.77. The third kappa shape index (κ3) is 1.99. The molecule has 0 aliphatic heterocycles. The number of hydrogen-bond donors (Lipinski definition) is 0. The summed E-state index contributed by atoms with van der Waals surface area (Å²) in [4.78, 5) is 5.49. The highest BCUT2D eigenvalue weighted by Gasteiger charge is 2.01. The Bertz CT molecular complexity index is 417. The van der Waals surface area contributed by atoms with Crippen LogP contribution in [0.15, 0.2) is 46.7 Å². The molecule has 0 N–H and O–H groups in total. The lowest BCUT2D eigenvalue weighted by Crippen LogP contribution is -1.87. The lowest BCUT2D eigenvalue weighted by Gasteiger charge is -2.01. The van der Waals surface area contributed by atoms with E-state index < -0.39 is 0 Å². The van der Waals surface area contributed by atoms with Crippen LogP contribution in [0.4, 0.5) is 0 Å². The van der Waals surface area contributed by atoms with Crippen LogP contribution in [0.25, 0.3) is 0 Å². The minimum Gasteiger partial charge on any atom is -0.329 e. The lowest BCUT2D eigenvalue weighted by molar-refractivity contribution is 0.790. The van der Waals surface area contributed by atoms with Crippen molar-refractivity contribution in [2.45, 2.75) is 17.0 Å². The first-order valence-electron chi connectivity index (χ1n) is 4.47. The second-order valence-corrected chi connectivity index (χ2v) is 4.28. The number of aromatic nitrogens is 2. The molecule has 72 valence electrons. The largest absolute Gasteiger partial charge is 0.329 e. The lowest BCUT2D eigenvalue weighted by atomic mass is 10.2. The Morgan fingerprint density at radius 1 is 1.21 bits per heavy atom. The maximum Gasteiger partial charge on any atom is 0.172 e. The molecule has 0 radical (unpaired) electrons. The topological polar surface area (TPSA) is 17.8 Å². The average molecular weight is 204 g/mol. The maximum atomic E-state index is 4.26. The zero-order chi connectivity index (χ0) is 9.97. The van der Waals surface area contributed by atoms with Crippen LogP contribution in [0.5, 0.6) is 0 Å². The van der Waals surface area contributed by atoms with Crippen molar-refractivity contribution in [3.63, 3.8) is 0 Å². The highest BCUT2D eigenvalue weighted by molar-refractivity contribution is 7.99. The van der Waals surface area contributed by atoms with Gasteiger partial charge in [0.2, 0.25) is 0 Å². The first-order chi connectivity index (χ1) is 6.75. The van der Waals surface area contributed by atoms with Gasteiger partial charge in [0.25, 0.3) is 0 Å². The zero-order valence-corrected chi connectivity index (χ0v) is 9.08. The predicted octanol–water partition coefficient (Wildman–Crippen LogP) is 2.88. The Hall–Kier alpha value is -1.22. The fourth-order valence-electron chi connectivity index (χ4n) is 1.16. The van der Waals surface area contributed by atoms with Crippen LogP contribution in [0.2, 0.25) is 0 Å². The molecular weight excluding hydrogens is 192 g/mol. The van der Waals surface area contributed by atoms with E-state index in [0.29, 0.717) is 0 Å². The number of rotatable bonds is 2. The molecular formula is C11H12N2S. The van der Waals surface area contributed by atoms with Gasteiger partial charge in [0.05, 0.1) is 0 Å². The molecule has 1 heterocycles. The average Bonchev–Trinajstić information content (AvgIpc) is 2.56. The number of hydrogen-bond acceptors (Lipinski definition) is 2. The summed E-state index contributed by atoms with van der Waals surface area (Å²) >= 11 is 1.68. The molecule has 0 fully saturated rings. The molecule has 1 aromatic carbocycles. The molecule has 0 unspecified atom stereocenters. The van der Waals surface area contributed by atoms with Crippen LogP contribution < -0.4 is 0 Å². The smallest absolute Gasteiger partial charge is 0.172 e. The zero-order valence-electron chi connectivity index (χ0n) is 8.27. The van der Waals surface area contributed by atoms with E-state index in [2.05, 4.69) is 36.2 Å². The minimum atomic E-state index is 1.02. The van der Waals surface area contributed by atoms with Crippen LogP contribution in [-0.4, -0.2) is 9.55 Å². The monoisotopic (exact) mass is 204 g/mol. The molecule has 0 aliphatic rings. The molecule has 2 rings (SSSR count). The van der Waals surface area contributed by atoms with Gasteiger partial charge in [-0.2, -0.15) is 0 Å². The first-order valence-corrected chi connectivity index (χ1v) is 5.29. The highest BCUT2D eigenvalue weighted by atomic mass is 32.2. The number of benzene rings is 1. The predicted molar refractivity (Wildman–Crippen MR) is 58.5 cm³/mol. The van der Waals surface area contributed by atoms with Gasteiger partial charge in [-0.05, 0) is 19.1 Å². The van der Waals surface area contributed by atoms with Gasteiger partial charge in [-0.25, -0.2) is 4.98 Å². The third-order valence-electron chi connectivity index (χ3n) is 2.01. The standard InChI is InChI=1S/C11H12N2S/c1-9-3-5-10(6-4-9)14-11-12-7-8-13(11)2/h3-8H,1-2H3. The molecule has 0 bridgehead atoms. The van der Waals surface area contributed by atoms with Crippen LogP contribution in [-0.2, 0) is 7.05 Å². The molecule has 0 aliphatic carbocycles. The van der Waals surface area contributed by atoms with E-state index in [1.165, 1.54) is 10.5 Å². The number of aryl methyl sites for hydroxylation is 2. The molecule has 1 aromatic heterocycles. The van der Waals surface area contributed by atoms with Gasteiger partial charge in [-0.3, -0.25) is 0 Å². The van der Waals surface area contributed by atoms with Gasteiger partial charge < -0.3 is 4.57 Å². The van der Waals surface area contributed by atoms with Crippen molar-refractivity contribution in [3.05, 3.63) is 42.2 Å². The summed E-state index contributed by atoms with van der Waals surface area (Å²) in [5.41, 5.74) is 1.29. The summed E-state index contributed by atoms with van der Waals surface area (Å²) < 4.78 is 2.02. The van der Waals surface area contributed by atoms with Gasteiger partial charge in [-0.1, -0.05) is 29.5 Å². The van der Waals surface area contributed by atoms with Gasteiger partial charge >= 0.3 is 0 Å². The SMILES string of the molecule is Cc1ccc(Sc2nccn2C)cc1. The Morgan fingerprint density at radius 3 is 2.50 bits per heavy atom. The Kier molecular flexibility index (Phi) is 2.59. The first kappa shape index (κ1) is 9.34. The van der Waals surface area contributed by atoms with Crippen LogP contribution in [0.3, 0.4) is 0 Å². The van der Waals surface area contributed by atoms with E-state index in [1.807, 2.05) is 24.0 Å². The van der Waals surface area contributed by atoms with Crippen molar-refractivity contribution in [1.29, 1.82) is 0 Å². The highest BCUT2D eigenvalue weighted by Crippen LogP contribution is 2.25. The van der Waals surface area contributed by atoms with Crippen molar-refractivity contribution < 1.29 is 0 Å². The quantitative estimate of drug-likeness (QED) is 0.748.